The van der Waals surface area contributed by atoms with E-state index in [0.717, 1.165) is 0 Å². The molecule has 11 heteroatoms. The highest BCUT2D eigenvalue weighted by atomic mass is 19.4. The molecule has 0 spiro atoms. The topological polar surface area (TPSA) is 29.5 Å². The van der Waals surface area contributed by atoms with Gasteiger partial charge in [-0.05, 0) is 24.1 Å². The molecule has 0 radical (unpaired) electrons. The first-order chi connectivity index (χ1) is 11.3. The highest BCUT2D eigenvalue weighted by Crippen LogP contribution is 2.54. The van der Waals surface area contributed by atoms with E-state index in [-0.39, 0.29) is 12.4 Å². The van der Waals surface area contributed by atoms with E-state index in [4.69, 9.17) is 9.84 Å². The van der Waals surface area contributed by atoms with E-state index in [1.807, 2.05) is 0 Å². The van der Waals surface area contributed by atoms with Crippen LogP contribution in [0, 0.1) is 0 Å². The molecule has 0 bridgehead atoms. The van der Waals surface area contributed by atoms with Crippen molar-refractivity contribution in [3.05, 3.63) is 29.8 Å². The average Bonchev–Trinajstić information content (AvgIpc) is 2.50. The lowest BCUT2D eigenvalue weighted by atomic mass is 10.00. The van der Waals surface area contributed by atoms with Gasteiger partial charge in [0.25, 0.3) is 0 Å². The quantitative estimate of drug-likeness (QED) is 0.515. The highest BCUT2D eigenvalue weighted by Gasteiger charge is 2.81. The molecule has 1 aromatic carbocycles. The van der Waals surface area contributed by atoms with Gasteiger partial charge in [-0.25, -0.2) is 0 Å². The van der Waals surface area contributed by atoms with E-state index in [2.05, 4.69) is 0 Å². The molecule has 0 fully saturated rings. The lowest BCUT2D eigenvalue weighted by Gasteiger charge is -2.33. The molecule has 1 rings (SSSR count). The minimum atomic E-state index is -6.87. The van der Waals surface area contributed by atoms with Crippen molar-refractivity contribution in [3.63, 3.8) is 0 Å². The smallest absolute Gasteiger partial charge is 0.460 e. The summed E-state index contributed by atoms with van der Waals surface area (Å²) in [6, 6.07) is 5.50. The molecule has 0 amide bonds. The maximum atomic E-state index is 13.2. The maximum Gasteiger partial charge on any atom is 0.460 e. The van der Waals surface area contributed by atoms with Gasteiger partial charge in [-0.1, -0.05) is 12.1 Å². The first kappa shape index (κ1) is 21.4. The predicted octanol–water partition coefficient (Wildman–Crippen LogP) is 4.81. The number of aliphatic hydroxyl groups excluding tert-OH is 1. The van der Waals surface area contributed by atoms with Crippen molar-refractivity contribution in [2.45, 2.75) is 43.4 Å². The van der Waals surface area contributed by atoms with E-state index in [0.29, 0.717) is 5.56 Å². The third-order valence-electron chi connectivity index (χ3n) is 3.22. The fourth-order valence-corrected chi connectivity index (χ4v) is 1.74. The van der Waals surface area contributed by atoms with Crippen molar-refractivity contribution < 1.29 is 49.4 Å². The lowest BCUT2D eigenvalue weighted by molar-refractivity contribution is -0.396. The Hall–Kier alpha value is -1.65. The van der Waals surface area contributed by atoms with Crippen LogP contribution in [0.1, 0.15) is 18.4 Å². The molecule has 0 unspecified atom stereocenters. The third-order valence-corrected chi connectivity index (χ3v) is 3.22. The van der Waals surface area contributed by atoms with Crippen LogP contribution in [0.4, 0.5) is 39.5 Å². The van der Waals surface area contributed by atoms with Gasteiger partial charge in [0.15, 0.2) is 0 Å². The number of benzene rings is 1. The van der Waals surface area contributed by atoms with Gasteiger partial charge in [-0.15, -0.1) is 0 Å². The molecule has 0 aliphatic rings. The molecule has 0 saturated carbocycles. The van der Waals surface area contributed by atoms with E-state index in [1.54, 1.807) is 0 Å². The van der Waals surface area contributed by atoms with E-state index in [9.17, 15) is 39.5 Å². The summed E-state index contributed by atoms with van der Waals surface area (Å²) in [7, 11) is 0. The molecule has 0 heterocycles. The number of halogens is 9. The van der Waals surface area contributed by atoms with E-state index >= 15 is 0 Å². The summed E-state index contributed by atoms with van der Waals surface area (Å²) in [5.74, 6) is -18.9. The van der Waals surface area contributed by atoms with E-state index < -0.39 is 43.4 Å². The van der Waals surface area contributed by atoms with Crippen molar-refractivity contribution in [2.24, 2.45) is 0 Å². The standard InChI is InChI=1S/C14H13F9O2/c15-11(16,12(17,18)13(19,20)14(21,22)23)6-1-7-25-10-4-2-9(8-24)3-5-10/h2-5,24H,1,6-8H2. The molecule has 0 aromatic heterocycles. The number of hydrogen-bond acceptors (Lipinski definition) is 2. The third kappa shape index (κ3) is 4.50. The second-order valence-electron chi connectivity index (χ2n) is 5.11. The predicted molar refractivity (Wildman–Crippen MR) is 68.0 cm³/mol. The molecular weight excluding hydrogens is 371 g/mol. The van der Waals surface area contributed by atoms with Crippen LogP contribution in [0.25, 0.3) is 0 Å². The van der Waals surface area contributed by atoms with Crippen LogP contribution in [-0.2, 0) is 6.61 Å². The number of aliphatic hydroxyl groups is 1. The minimum Gasteiger partial charge on any atom is -0.494 e. The Bertz CT molecular complexity index is 552. The molecule has 0 aliphatic heterocycles. The fourth-order valence-electron chi connectivity index (χ4n) is 1.74. The van der Waals surface area contributed by atoms with Crippen LogP contribution in [0.15, 0.2) is 24.3 Å². The molecule has 0 atom stereocenters. The number of alkyl halides is 9. The molecule has 0 saturated heterocycles. The van der Waals surface area contributed by atoms with Crippen LogP contribution in [-0.4, -0.2) is 35.7 Å². The Balaban J connectivity index is 2.64. The monoisotopic (exact) mass is 384 g/mol. The molecule has 25 heavy (non-hydrogen) atoms. The summed E-state index contributed by atoms with van der Waals surface area (Å²) in [4.78, 5) is 0. The van der Waals surface area contributed by atoms with Gasteiger partial charge in [0.05, 0.1) is 13.2 Å². The van der Waals surface area contributed by atoms with Gasteiger partial charge < -0.3 is 9.84 Å². The molecular formula is C14H13F9O2. The number of rotatable bonds is 8. The lowest BCUT2D eigenvalue weighted by Crippen LogP contribution is -2.60. The highest BCUT2D eigenvalue weighted by molar-refractivity contribution is 5.26. The second kappa shape index (κ2) is 7.30. The van der Waals surface area contributed by atoms with Gasteiger partial charge >= 0.3 is 23.9 Å². The Kier molecular flexibility index (Phi) is 6.25. The van der Waals surface area contributed by atoms with E-state index in [1.165, 1.54) is 24.3 Å². The van der Waals surface area contributed by atoms with Crippen LogP contribution in [0.3, 0.4) is 0 Å². The van der Waals surface area contributed by atoms with Gasteiger partial charge in [0, 0.05) is 6.42 Å². The summed E-state index contributed by atoms with van der Waals surface area (Å²) >= 11 is 0. The maximum absolute atomic E-state index is 13.2. The summed E-state index contributed by atoms with van der Waals surface area (Å²) in [5.41, 5.74) is 0.507. The summed E-state index contributed by atoms with van der Waals surface area (Å²) in [5, 5.41) is 8.79. The Morgan fingerprint density at radius 1 is 0.800 bits per heavy atom. The zero-order valence-electron chi connectivity index (χ0n) is 12.4. The fraction of sp³-hybridized carbons (Fsp3) is 0.571. The van der Waals surface area contributed by atoms with Crippen LogP contribution < -0.4 is 4.74 Å². The van der Waals surface area contributed by atoms with Crippen LogP contribution in [0.5, 0.6) is 5.75 Å². The van der Waals surface area contributed by atoms with Gasteiger partial charge in [0.1, 0.15) is 5.75 Å². The molecule has 1 aromatic rings. The van der Waals surface area contributed by atoms with Crippen LogP contribution in [0.2, 0.25) is 0 Å². The number of hydrogen-bond donors (Lipinski definition) is 1. The Morgan fingerprint density at radius 2 is 1.32 bits per heavy atom. The minimum absolute atomic E-state index is 0.118. The normalized spacial score (nSPS) is 13.8. The van der Waals surface area contributed by atoms with Gasteiger partial charge in [-0.3, -0.25) is 0 Å². The second-order valence-corrected chi connectivity index (χ2v) is 5.11. The SMILES string of the molecule is OCc1ccc(OCCCC(F)(F)C(F)(F)C(F)(F)C(F)(F)F)cc1. The zero-order chi connectivity index (χ0) is 19.5. The Morgan fingerprint density at radius 3 is 1.76 bits per heavy atom. The number of ether oxygens (including phenoxy) is 1. The van der Waals surface area contributed by atoms with Crippen molar-refractivity contribution in [2.75, 3.05) is 6.61 Å². The Labute approximate surface area is 136 Å². The van der Waals surface area contributed by atoms with Crippen molar-refractivity contribution in [1.82, 2.24) is 0 Å². The molecule has 2 nitrogen and oxygen atoms in total. The largest absolute Gasteiger partial charge is 0.494 e. The molecule has 144 valence electrons. The van der Waals surface area contributed by atoms with Gasteiger partial charge in [-0.2, -0.15) is 39.5 Å². The van der Waals surface area contributed by atoms with Crippen LogP contribution >= 0.6 is 0 Å². The van der Waals surface area contributed by atoms with Crippen molar-refractivity contribution in [3.8, 4) is 5.75 Å². The molecule has 1 N–H and O–H groups in total. The van der Waals surface area contributed by atoms with Crippen molar-refractivity contribution in [1.29, 1.82) is 0 Å². The molecule has 0 aliphatic carbocycles. The zero-order valence-corrected chi connectivity index (χ0v) is 12.4. The summed E-state index contributed by atoms with van der Waals surface area (Å²) < 4.78 is 118. The first-order valence-electron chi connectivity index (χ1n) is 6.79. The van der Waals surface area contributed by atoms with Crippen molar-refractivity contribution >= 4 is 0 Å². The summed E-state index contributed by atoms with van der Waals surface area (Å²) in [6.07, 6.45) is -9.64. The first-order valence-corrected chi connectivity index (χ1v) is 6.79. The summed E-state index contributed by atoms with van der Waals surface area (Å²) in [6.45, 7) is -0.878. The average molecular weight is 384 g/mol. The van der Waals surface area contributed by atoms with Gasteiger partial charge in [0.2, 0.25) is 0 Å².